The lowest BCUT2D eigenvalue weighted by molar-refractivity contribution is -0.130. The van der Waals surface area contributed by atoms with Gasteiger partial charge in [0, 0.05) is 12.8 Å². The van der Waals surface area contributed by atoms with Gasteiger partial charge in [-0.25, -0.2) is 0 Å². The number of benzene rings is 2. The Hall–Kier alpha value is -2.91. The van der Waals surface area contributed by atoms with Crippen LogP contribution < -0.4 is 16.4 Å². The van der Waals surface area contributed by atoms with Crippen LogP contribution in [0.2, 0.25) is 0 Å². The minimum absolute atomic E-state index is 0.00478. The first-order chi connectivity index (χ1) is 15.9. The predicted molar refractivity (Wildman–Crippen MR) is 127 cm³/mol. The number of carbonyl (C=O) groups is 2. The number of carbonyl (C=O) groups excluding carboxylic acids is 2. The van der Waals surface area contributed by atoms with Crippen LogP contribution in [0.3, 0.4) is 0 Å². The highest BCUT2D eigenvalue weighted by Gasteiger charge is 2.34. The maximum absolute atomic E-state index is 13.1. The molecule has 0 saturated heterocycles. The van der Waals surface area contributed by atoms with Gasteiger partial charge in [-0.05, 0) is 41.3 Å². The SMILES string of the molecule is CC[C@@H](C)[C@H](N)C(=O)N[C@@H](Cc1ccc(O)cc1)C(=O)N[C@@H](Cc1ccc(O)cc1)P(=O)(O)O. The fraction of sp³-hybridized carbons (Fsp3) is 0.391. The summed E-state index contributed by atoms with van der Waals surface area (Å²) >= 11 is 0. The van der Waals surface area contributed by atoms with Gasteiger partial charge in [-0.1, -0.05) is 44.5 Å². The molecule has 0 aliphatic carbocycles. The van der Waals surface area contributed by atoms with Gasteiger partial charge in [0.25, 0.3) is 0 Å². The fourth-order valence-electron chi connectivity index (χ4n) is 3.23. The van der Waals surface area contributed by atoms with Crippen molar-refractivity contribution in [1.82, 2.24) is 10.6 Å². The summed E-state index contributed by atoms with van der Waals surface area (Å²) in [5.41, 5.74) is 7.10. The van der Waals surface area contributed by atoms with Crippen LogP contribution >= 0.6 is 7.60 Å². The highest BCUT2D eigenvalue weighted by molar-refractivity contribution is 7.52. The summed E-state index contributed by atoms with van der Waals surface area (Å²) in [7, 11) is -4.77. The summed E-state index contributed by atoms with van der Waals surface area (Å²) in [6.45, 7) is 3.69. The second kappa shape index (κ2) is 12.0. The third kappa shape index (κ3) is 8.14. The van der Waals surface area contributed by atoms with E-state index in [2.05, 4.69) is 10.6 Å². The Labute approximate surface area is 198 Å². The van der Waals surface area contributed by atoms with Gasteiger partial charge >= 0.3 is 7.60 Å². The molecule has 0 fully saturated rings. The lowest BCUT2D eigenvalue weighted by Gasteiger charge is -2.26. The van der Waals surface area contributed by atoms with Crippen molar-refractivity contribution in [2.45, 2.75) is 51.0 Å². The van der Waals surface area contributed by atoms with Crippen LogP contribution in [-0.2, 0) is 27.0 Å². The Kier molecular flexibility index (Phi) is 9.64. The van der Waals surface area contributed by atoms with Gasteiger partial charge < -0.3 is 36.4 Å². The maximum Gasteiger partial charge on any atom is 0.347 e. The first kappa shape index (κ1) is 27.3. The first-order valence-corrected chi connectivity index (χ1v) is 12.6. The molecule has 2 rings (SSSR count). The number of hydrogen-bond acceptors (Lipinski definition) is 6. The minimum Gasteiger partial charge on any atom is -0.508 e. The Morgan fingerprint density at radius 1 is 0.882 bits per heavy atom. The van der Waals surface area contributed by atoms with Crippen molar-refractivity contribution in [3.8, 4) is 11.5 Å². The van der Waals surface area contributed by atoms with E-state index in [1.807, 2.05) is 6.92 Å². The van der Waals surface area contributed by atoms with Gasteiger partial charge in [0.05, 0.1) is 6.04 Å². The molecule has 10 nitrogen and oxygen atoms in total. The number of phenols is 2. The van der Waals surface area contributed by atoms with E-state index in [-0.39, 0.29) is 30.3 Å². The number of rotatable bonds is 11. The average Bonchev–Trinajstić information content (AvgIpc) is 2.79. The van der Waals surface area contributed by atoms with E-state index in [4.69, 9.17) is 5.73 Å². The molecule has 2 aromatic carbocycles. The van der Waals surface area contributed by atoms with Gasteiger partial charge in [-0.2, -0.15) is 0 Å². The first-order valence-electron chi connectivity index (χ1n) is 10.9. The molecule has 0 unspecified atom stereocenters. The van der Waals surface area contributed by atoms with E-state index >= 15 is 0 Å². The molecular weight excluding hydrogens is 461 g/mol. The van der Waals surface area contributed by atoms with Crippen LogP contribution in [0, 0.1) is 5.92 Å². The number of amides is 2. The van der Waals surface area contributed by atoms with E-state index in [1.165, 1.54) is 36.4 Å². The van der Waals surface area contributed by atoms with Crippen molar-refractivity contribution < 1.29 is 34.2 Å². The molecule has 2 amide bonds. The van der Waals surface area contributed by atoms with E-state index in [0.29, 0.717) is 17.5 Å². The molecule has 0 saturated carbocycles. The van der Waals surface area contributed by atoms with Crippen LogP contribution in [0.4, 0.5) is 0 Å². The Bertz CT molecular complexity index is 1010. The monoisotopic (exact) mass is 493 g/mol. The molecule has 11 heteroatoms. The molecule has 4 atom stereocenters. The number of hydrogen-bond donors (Lipinski definition) is 7. The molecule has 34 heavy (non-hydrogen) atoms. The summed E-state index contributed by atoms with van der Waals surface area (Å²) < 4.78 is 12.1. The van der Waals surface area contributed by atoms with Gasteiger partial charge in [0.1, 0.15) is 23.3 Å². The second-order valence-electron chi connectivity index (χ2n) is 8.33. The maximum atomic E-state index is 13.1. The standard InChI is InChI=1S/C23H32N3O7P/c1-3-14(2)21(24)23(30)25-19(12-15-4-8-17(27)9-5-15)22(29)26-20(34(31,32)33)13-16-6-10-18(28)11-7-16/h4-11,14,19-21,27-28H,3,12-13,24H2,1-2H3,(H,25,30)(H,26,29)(H2,31,32,33)/t14-,19+,20-,21+/m1/s1. The van der Waals surface area contributed by atoms with E-state index in [9.17, 15) is 34.2 Å². The number of phenolic OH excluding ortho intramolecular Hbond substituents is 2. The third-order valence-electron chi connectivity index (χ3n) is 5.65. The second-order valence-corrected chi connectivity index (χ2v) is 10.1. The quantitative estimate of drug-likeness (QED) is 0.229. The van der Waals surface area contributed by atoms with Crippen LogP contribution in [0.5, 0.6) is 11.5 Å². The van der Waals surface area contributed by atoms with Crippen molar-refractivity contribution in [3.63, 3.8) is 0 Å². The van der Waals surface area contributed by atoms with Crippen molar-refractivity contribution in [1.29, 1.82) is 0 Å². The molecule has 186 valence electrons. The van der Waals surface area contributed by atoms with Crippen LogP contribution in [0.1, 0.15) is 31.4 Å². The topological polar surface area (TPSA) is 182 Å². The van der Waals surface area contributed by atoms with Gasteiger partial charge in [0.2, 0.25) is 11.8 Å². The lowest BCUT2D eigenvalue weighted by Crippen LogP contribution is -2.55. The molecule has 0 heterocycles. The van der Waals surface area contributed by atoms with E-state index in [0.717, 1.165) is 0 Å². The molecular formula is C23H32N3O7P. The van der Waals surface area contributed by atoms with Crippen molar-refractivity contribution >= 4 is 19.4 Å². The smallest absolute Gasteiger partial charge is 0.347 e. The molecule has 0 aliphatic heterocycles. The zero-order chi connectivity index (χ0) is 25.5. The summed E-state index contributed by atoms with van der Waals surface area (Å²) in [5.74, 6) is -3.01. The summed E-state index contributed by atoms with van der Waals surface area (Å²) in [6.07, 6.45) is 0.469. The number of aromatic hydroxyl groups is 2. The minimum atomic E-state index is -4.77. The molecule has 8 N–H and O–H groups in total. The lowest BCUT2D eigenvalue weighted by atomic mass is 9.98. The number of nitrogens with one attached hydrogen (secondary N) is 2. The van der Waals surface area contributed by atoms with Gasteiger partial charge in [0.15, 0.2) is 0 Å². The van der Waals surface area contributed by atoms with Crippen LogP contribution in [0.15, 0.2) is 48.5 Å². The molecule has 2 aromatic rings. The highest BCUT2D eigenvalue weighted by atomic mass is 31.2. The highest BCUT2D eigenvalue weighted by Crippen LogP contribution is 2.41. The number of nitrogens with two attached hydrogens (primary N) is 1. The van der Waals surface area contributed by atoms with Gasteiger partial charge in [-0.3, -0.25) is 14.2 Å². The van der Waals surface area contributed by atoms with Gasteiger partial charge in [-0.15, -0.1) is 0 Å². The molecule has 0 radical (unpaired) electrons. The largest absolute Gasteiger partial charge is 0.508 e. The zero-order valence-electron chi connectivity index (χ0n) is 19.1. The molecule has 0 aromatic heterocycles. The average molecular weight is 493 g/mol. The Morgan fingerprint density at radius 3 is 1.79 bits per heavy atom. The van der Waals surface area contributed by atoms with E-state index in [1.54, 1.807) is 19.1 Å². The Morgan fingerprint density at radius 2 is 1.35 bits per heavy atom. The van der Waals surface area contributed by atoms with Crippen molar-refractivity contribution in [3.05, 3.63) is 59.7 Å². The zero-order valence-corrected chi connectivity index (χ0v) is 20.0. The van der Waals surface area contributed by atoms with Crippen LogP contribution in [0.25, 0.3) is 0 Å². The van der Waals surface area contributed by atoms with E-state index < -0.39 is 37.3 Å². The summed E-state index contributed by atoms with van der Waals surface area (Å²) in [5, 5.41) is 23.9. The summed E-state index contributed by atoms with van der Waals surface area (Å²) in [4.78, 5) is 45.5. The third-order valence-corrected chi connectivity index (χ3v) is 6.77. The Balaban J connectivity index is 2.25. The molecule has 0 aliphatic rings. The van der Waals surface area contributed by atoms with Crippen molar-refractivity contribution in [2.24, 2.45) is 11.7 Å². The predicted octanol–water partition coefficient (Wildman–Crippen LogP) is 1.36. The normalized spacial score (nSPS) is 15.1. The molecule has 0 bridgehead atoms. The summed E-state index contributed by atoms with van der Waals surface area (Å²) in [6, 6.07) is 9.71. The van der Waals surface area contributed by atoms with Crippen molar-refractivity contribution in [2.75, 3.05) is 0 Å². The van der Waals surface area contributed by atoms with Crippen LogP contribution in [-0.4, -0.2) is 49.7 Å². The fourth-order valence-corrected chi connectivity index (χ4v) is 3.98. The molecule has 0 spiro atoms.